The molecule has 0 bridgehead atoms. The molecule has 148 valence electrons. The molecule has 0 unspecified atom stereocenters. The third-order valence-electron chi connectivity index (χ3n) is 3.45. The maximum Gasteiger partial charge on any atom is 0.387 e. The molecule has 2 amide bonds. The number of ether oxygens (including phenoxy) is 2. The summed E-state index contributed by atoms with van der Waals surface area (Å²) >= 11 is 0. The molecule has 0 aromatic heterocycles. The second-order valence-electron chi connectivity index (χ2n) is 5.67. The van der Waals surface area contributed by atoms with Crippen LogP contribution < -0.4 is 15.4 Å². The first-order valence-electron chi connectivity index (χ1n) is 8.19. The van der Waals surface area contributed by atoms with E-state index < -0.39 is 24.6 Å². The quantitative estimate of drug-likeness (QED) is 0.704. The molecule has 0 fully saturated rings. The van der Waals surface area contributed by atoms with Crippen molar-refractivity contribution in [2.75, 3.05) is 10.6 Å². The van der Waals surface area contributed by atoms with Crippen LogP contribution in [0.4, 0.5) is 20.2 Å². The van der Waals surface area contributed by atoms with Crippen molar-refractivity contribution >= 4 is 29.2 Å². The van der Waals surface area contributed by atoms with Gasteiger partial charge in [-0.15, -0.1) is 0 Å². The number of carbonyl (C=O) groups excluding carboxylic acids is 3. The molecule has 28 heavy (non-hydrogen) atoms. The smallest absolute Gasteiger partial charge is 0.387 e. The van der Waals surface area contributed by atoms with Crippen LogP contribution in [-0.4, -0.2) is 30.5 Å². The molecule has 2 aromatic rings. The predicted octanol–water partition coefficient (Wildman–Crippen LogP) is 3.43. The molecule has 0 spiro atoms. The van der Waals surface area contributed by atoms with Gasteiger partial charge in [0.15, 0.2) is 6.10 Å². The number of amides is 2. The third-order valence-corrected chi connectivity index (χ3v) is 3.45. The lowest BCUT2D eigenvalue weighted by molar-refractivity contribution is -0.123. The van der Waals surface area contributed by atoms with Crippen molar-refractivity contribution in [3.8, 4) is 5.75 Å². The van der Waals surface area contributed by atoms with E-state index in [0.717, 1.165) is 0 Å². The van der Waals surface area contributed by atoms with E-state index in [1.165, 1.54) is 38.1 Å². The number of anilines is 2. The van der Waals surface area contributed by atoms with Crippen molar-refractivity contribution in [1.82, 2.24) is 0 Å². The van der Waals surface area contributed by atoms with Crippen molar-refractivity contribution in [1.29, 1.82) is 0 Å². The number of alkyl halides is 2. The Morgan fingerprint density at radius 3 is 2.07 bits per heavy atom. The number of para-hydroxylation sites is 1. The fraction of sp³-hybridized carbons (Fsp3) is 0.211. The van der Waals surface area contributed by atoms with Crippen LogP contribution in [0.2, 0.25) is 0 Å². The summed E-state index contributed by atoms with van der Waals surface area (Å²) in [5.41, 5.74) is 0.756. The van der Waals surface area contributed by atoms with Crippen molar-refractivity contribution in [3.05, 3.63) is 54.1 Å². The van der Waals surface area contributed by atoms with E-state index in [9.17, 15) is 23.2 Å². The average Bonchev–Trinajstić information content (AvgIpc) is 2.62. The second kappa shape index (κ2) is 9.45. The van der Waals surface area contributed by atoms with Crippen LogP contribution in [0, 0.1) is 0 Å². The van der Waals surface area contributed by atoms with Gasteiger partial charge in [-0.3, -0.25) is 9.59 Å². The topological polar surface area (TPSA) is 93.7 Å². The minimum atomic E-state index is -3.10. The maximum absolute atomic E-state index is 12.4. The van der Waals surface area contributed by atoms with E-state index in [2.05, 4.69) is 15.4 Å². The molecule has 2 N–H and O–H groups in total. The molecule has 0 saturated carbocycles. The predicted molar refractivity (Wildman–Crippen MR) is 97.3 cm³/mol. The second-order valence-corrected chi connectivity index (χ2v) is 5.67. The van der Waals surface area contributed by atoms with Gasteiger partial charge in [0, 0.05) is 18.3 Å². The van der Waals surface area contributed by atoms with Crippen LogP contribution in [0.25, 0.3) is 0 Å². The number of carbonyl (C=O) groups is 3. The number of hydrogen-bond acceptors (Lipinski definition) is 5. The summed E-state index contributed by atoms with van der Waals surface area (Å²) in [6.07, 6.45) is -1.19. The molecular formula is C19H18F2N2O5. The highest BCUT2D eigenvalue weighted by atomic mass is 19.3. The van der Waals surface area contributed by atoms with E-state index in [4.69, 9.17) is 4.74 Å². The zero-order valence-corrected chi connectivity index (χ0v) is 15.1. The Balaban J connectivity index is 1.98. The van der Waals surface area contributed by atoms with Gasteiger partial charge in [0.05, 0.1) is 0 Å². The lowest BCUT2D eigenvalue weighted by Gasteiger charge is -2.15. The highest BCUT2D eigenvalue weighted by molar-refractivity contribution is 5.98. The molecule has 0 aliphatic heterocycles. The number of halogens is 2. The minimum Gasteiger partial charge on any atom is -0.449 e. The zero-order valence-electron chi connectivity index (χ0n) is 15.1. The number of nitrogens with one attached hydrogen (secondary N) is 2. The summed E-state index contributed by atoms with van der Waals surface area (Å²) in [4.78, 5) is 35.4. The number of rotatable bonds is 7. The molecule has 9 heteroatoms. The first-order chi connectivity index (χ1) is 13.3. The van der Waals surface area contributed by atoms with Crippen LogP contribution in [0.15, 0.2) is 48.5 Å². The molecule has 0 saturated heterocycles. The summed E-state index contributed by atoms with van der Waals surface area (Å²) in [7, 11) is 0. The SMILES string of the molecule is CC(=O)Nc1ccc(NC(=O)[C@H](C)OC(=O)c2ccccc2OC(F)F)cc1. The van der Waals surface area contributed by atoms with E-state index in [-0.39, 0.29) is 17.2 Å². The van der Waals surface area contributed by atoms with Gasteiger partial charge in [0.25, 0.3) is 5.91 Å². The van der Waals surface area contributed by atoms with E-state index >= 15 is 0 Å². The van der Waals surface area contributed by atoms with Gasteiger partial charge in [0.1, 0.15) is 11.3 Å². The average molecular weight is 392 g/mol. The molecule has 0 radical (unpaired) electrons. The number of benzene rings is 2. The first kappa shape index (κ1) is 20.8. The van der Waals surface area contributed by atoms with Gasteiger partial charge in [-0.2, -0.15) is 8.78 Å². The Hall–Kier alpha value is -3.49. The Morgan fingerprint density at radius 1 is 0.929 bits per heavy atom. The van der Waals surface area contributed by atoms with Crippen molar-refractivity contribution in [2.45, 2.75) is 26.6 Å². The fourth-order valence-corrected chi connectivity index (χ4v) is 2.20. The Kier molecular flexibility index (Phi) is 7.02. The normalized spacial score (nSPS) is 11.5. The molecule has 2 rings (SSSR count). The van der Waals surface area contributed by atoms with Gasteiger partial charge in [0.2, 0.25) is 5.91 Å². The van der Waals surface area contributed by atoms with Crippen LogP contribution in [0.5, 0.6) is 5.75 Å². The van der Waals surface area contributed by atoms with Crippen LogP contribution >= 0.6 is 0 Å². The van der Waals surface area contributed by atoms with Gasteiger partial charge < -0.3 is 20.1 Å². The summed E-state index contributed by atoms with van der Waals surface area (Å²) in [5.74, 6) is -2.16. The van der Waals surface area contributed by atoms with Crippen LogP contribution in [0.1, 0.15) is 24.2 Å². The minimum absolute atomic E-state index is 0.220. The lowest BCUT2D eigenvalue weighted by Crippen LogP contribution is -2.30. The lowest BCUT2D eigenvalue weighted by atomic mass is 10.2. The monoisotopic (exact) mass is 392 g/mol. The van der Waals surface area contributed by atoms with Crippen molar-refractivity contribution < 1.29 is 32.6 Å². The summed E-state index contributed by atoms with van der Waals surface area (Å²) in [5, 5.41) is 5.13. The first-order valence-corrected chi connectivity index (χ1v) is 8.19. The van der Waals surface area contributed by atoms with Crippen LogP contribution in [-0.2, 0) is 14.3 Å². The van der Waals surface area contributed by atoms with Gasteiger partial charge in [-0.05, 0) is 43.3 Å². The molecule has 1 atom stereocenters. The Morgan fingerprint density at radius 2 is 1.50 bits per heavy atom. The van der Waals surface area contributed by atoms with Crippen LogP contribution in [0.3, 0.4) is 0 Å². The van der Waals surface area contributed by atoms with E-state index in [1.807, 2.05) is 0 Å². The summed E-state index contributed by atoms with van der Waals surface area (Å²) in [6, 6.07) is 11.6. The van der Waals surface area contributed by atoms with Crippen molar-refractivity contribution in [2.24, 2.45) is 0 Å². The summed E-state index contributed by atoms with van der Waals surface area (Å²) in [6.45, 7) is -0.388. The molecule has 0 aliphatic carbocycles. The molecular weight excluding hydrogens is 374 g/mol. The maximum atomic E-state index is 12.4. The highest BCUT2D eigenvalue weighted by Crippen LogP contribution is 2.22. The highest BCUT2D eigenvalue weighted by Gasteiger charge is 2.22. The summed E-state index contributed by atoms with van der Waals surface area (Å²) < 4.78 is 34.2. The zero-order chi connectivity index (χ0) is 20.7. The van der Waals surface area contributed by atoms with Gasteiger partial charge in [-0.25, -0.2) is 4.79 Å². The Labute approximate surface area is 159 Å². The standard InChI is InChI=1S/C19H18F2N2O5/c1-11(17(25)23-14-9-7-13(8-10-14)22-12(2)24)27-18(26)15-5-3-4-6-16(15)28-19(20)21/h3-11,19H,1-2H3,(H,22,24)(H,23,25)/t11-/m0/s1. The van der Waals surface area contributed by atoms with E-state index in [1.54, 1.807) is 24.3 Å². The largest absolute Gasteiger partial charge is 0.449 e. The van der Waals surface area contributed by atoms with Gasteiger partial charge in [-0.1, -0.05) is 12.1 Å². The van der Waals surface area contributed by atoms with Crippen molar-refractivity contribution in [3.63, 3.8) is 0 Å². The molecule has 2 aromatic carbocycles. The molecule has 0 heterocycles. The number of esters is 1. The molecule has 0 aliphatic rings. The molecule has 7 nitrogen and oxygen atoms in total. The van der Waals surface area contributed by atoms with Gasteiger partial charge >= 0.3 is 12.6 Å². The van der Waals surface area contributed by atoms with E-state index in [0.29, 0.717) is 11.4 Å². The number of hydrogen-bond donors (Lipinski definition) is 2. The Bertz CT molecular complexity index is 856. The third kappa shape index (κ3) is 6.04. The fourth-order valence-electron chi connectivity index (χ4n) is 2.20.